The molecule has 4 heterocycles. The Kier molecular flexibility index (Phi) is 5.55. The zero-order valence-electron chi connectivity index (χ0n) is 28.0. The Morgan fingerprint density at radius 3 is 2.65 bits per heavy atom. The van der Waals surface area contributed by atoms with Crippen LogP contribution in [0.15, 0.2) is 71.2 Å². The molecule has 2 aromatic carbocycles. The lowest BCUT2D eigenvalue weighted by molar-refractivity contribution is -0.117. The second-order valence-electron chi connectivity index (χ2n) is 10.7. The van der Waals surface area contributed by atoms with E-state index in [0.29, 0.717) is 54.1 Å². The van der Waals surface area contributed by atoms with E-state index in [1.165, 1.54) is 11.0 Å². The van der Waals surface area contributed by atoms with Crippen molar-refractivity contribution >= 4 is 28.6 Å². The quantitative estimate of drug-likeness (QED) is 0.293. The SMILES string of the molecule is [2H]c1c([2H])c([2H])c(C(C2CCN(C(=O)c3cc(-c4nc5cc(NC(=O)[C@@H]6C[C@@H]6F)ccc5o4)ccn3)CC2)n2nnc(C)n2)c([2H])c1[2H]. The first-order chi connectivity index (χ1) is 23.0. The van der Waals surface area contributed by atoms with Crippen LogP contribution in [-0.2, 0) is 4.79 Å². The molecule has 3 aromatic heterocycles. The standard InChI is InChI=1S/C31H29FN8O3/c1-18-36-38-40(37-18)28(19-5-3-2-4-6-19)20-10-13-39(14-11-20)31(42)26-15-21(9-12-33-26)30-35-25-16-22(7-8-27(25)43-30)34-29(41)23-17-24(23)32/h2-9,12,15-16,20,23-24,28H,10-11,13-14,17H2,1H3,(H,34,41)/t23-,24+,28?/m1/s1/i2D,3D,4D,5D,6D. The first-order valence-corrected chi connectivity index (χ1v) is 13.9. The van der Waals surface area contributed by atoms with Crippen molar-refractivity contribution in [1.29, 1.82) is 0 Å². The van der Waals surface area contributed by atoms with Crippen molar-refractivity contribution < 1.29 is 25.3 Å². The number of tetrazole rings is 1. The van der Waals surface area contributed by atoms with Gasteiger partial charge in [0, 0.05) is 30.5 Å². The van der Waals surface area contributed by atoms with Gasteiger partial charge in [0.05, 0.1) is 12.8 Å². The highest BCUT2D eigenvalue weighted by atomic mass is 19.1. The lowest BCUT2D eigenvalue weighted by Gasteiger charge is -2.35. The largest absolute Gasteiger partial charge is 0.436 e. The van der Waals surface area contributed by atoms with Crippen LogP contribution in [0.2, 0.25) is 0 Å². The third kappa shape index (κ3) is 5.47. The molecule has 218 valence electrons. The molecule has 2 amide bonds. The molecular formula is C31H29FN8O3. The molecular weight excluding hydrogens is 551 g/mol. The Balaban J connectivity index is 1.08. The van der Waals surface area contributed by atoms with E-state index < -0.39 is 36.3 Å². The normalized spacial score (nSPS) is 21.0. The second-order valence-corrected chi connectivity index (χ2v) is 10.7. The molecule has 0 radical (unpaired) electrons. The average Bonchev–Trinajstić information content (AvgIpc) is 3.45. The third-order valence-corrected chi connectivity index (χ3v) is 7.80. The summed E-state index contributed by atoms with van der Waals surface area (Å²) in [5, 5.41) is 15.1. The number of pyridine rings is 1. The van der Waals surface area contributed by atoms with Crippen molar-refractivity contribution in [1.82, 2.24) is 35.1 Å². The highest BCUT2D eigenvalue weighted by Crippen LogP contribution is 2.36. The molecule has 11 nitrogen and oxygen atoms in total. The van der Waals surface area contributed by atoms with E-state index in [2.05, 4.69) is 30.7 Å². The number of anilines is 1. The number of nitrogens with one attached hydrogen (secondary N) is 1. The van der Waals surface area contributed by atoms with Gasteiger partial charge in [0.1, 0.15) is 23.4 Å². The molecule has 1 aliphatic heterocycles. The number of aromatic nitrogens is 6. The summed E-state index contributed by atoms with van der Waals surface area (Å²) in [6, 6.07) is 5.40. The fraction of sp³-hybridized carbons (Fsp3) is 0.323. The summed E-state index contributed by atoms with van der Waals surface area (Å²) in [5.41, 5.74) is 2.22. The maximum absolute atomic E-state index is 13.6. The number of hydrogen-bond donors (Lipinski definition) is 1. The molecule has 3 atom stereocenters. The van der Waals surface area contributed by atoms with Gasteiger partial charge in [-0.25, -0.2) is 9.37 Å². The maximum Gasteiger partial charge on any atom is 0.272 e. The summed E-state index contributed by atoms with van der Waals surface area (Å²) in [6.45, 7) is 2.29. The van der Waals surface area contributed by atoms with Gasteiger partial charge in [0.25, 0.3) is 5.91 Å². The molecule has 1 saturated heterocycles. The van der Waals surface area contributed by atoms with Gasteiger partial charge >= 0.3 is 0 Å². The number of amides is 2. The number of carbonyl (C=O) groups excluding carboxylic acids is 2. The van der Waals surface area contributed by atoms with Gasteiger partial charge in [-0.05, 0) is 73.2 Å². The number of aryl methyl sites for hydroxylation is 1. The second kappa shape index (κ2) is 11.0. The van der Waals surface area contributed by atoms with Crippen molar-refractivity contribution in [2.45, 2.75) is 38.4 Å². The van der Waals surface area contributed by atoms with Crippen LogP contribution in [-0.4, -0.2) is 66.2 Å². The number of fused-ring (bicyclic) bond motifs is 1. The molecule has 1 saturated carbocycles. The summed E-state index contributed by atoms with van der Waals surface area (Å²) in [5.74, 6) is -0.930. The van der Waals surface area contributed by atoms with E-state index in [-0.39, 0.29) is 53.4 Å². The van der Waals surface area contributed by atoms with Crippen LogP contribution in [0.1, 0.15) is 54.0 Å². The molecule has 0 bridgehead atoms. The van der Waals surface area contributed by atoms with Gasteiger partial charge < -0.3 is 14.6 Å². The van der Waals surface area contributed by atoms with E-state index in [1.54, 1.807) is 42.2 Å². The summed E-state index contributed by atoms with van der Waals surface area (Å²) in [6.07, 6.45) is 1.50. The molecule has 1 N–H and O–H groups in total. The smallest absolute Gasteiger partial charge is 0.272 e. The number of piperidine rings is 1. The zero-order chi connectivity index (χ0) is 33.9. The molecule has 2 aliphatic rings. The Bertz CT molecular complexity index is 2050. The molecule has 12 heteroatoms. The minimum Gasteiger partial charge on any atom is -0.436 e. The number of halogens is 1. The lowest BCUT2D eigenvalue weighted by atomic mass is 9.85. The molecule has 0 spiro atoms. The van der Waals surface area contributed by atoms with E-state index in [0.717, 1.165) is 0 Å². The number of oxazole rings is 1. The van der Waals surface area contributed by atoms with Crippen LogP contribution in [0.5, 0.6) is 0 Å². The number of rotatable bonds is 7. The Hall–Kier alpha value is -5.00. The van der Waals surface area contributed by atoms with Crippen molar-refractivity contribution in [3.05, 3.63) is 83.8 Å². The van der Waals surface area contributed by atoms with Crippen LogP contribution < -0.4 is 5.32 Å². The first kappa shape index (κ1) is 21.7. The zero-order valence-corrected chi connectivity index (χ0v) is 23.0. The minimum absolute atomic E-state index is 0.0849. The van der Waals surface area contributed by atoms with Gasteiger partial charge in [-0.3, -0.25) is 14.6 Å². The highest BCUT2D eigenvalue weighted by molar-refractivity contribution is 5.96. The molecule has 43 heavy (non-hydrogen) atoms. The molecule has 1 unspecified atom stereocenters. The molecule has 1 aliphatic carbocycles. The lowest BCUT2D eigenvalue weighted by Crippen LogP contribution is -2.41. The van der Waals surface area contributed by atoms with E-state index >= 15 is 0 Å². The molecule has 2 fully saturated rings. The fourth-order valence-electron chi connectivity index (χ4n) is 5.42. The number of alkyl halides is 1. The van der Waals surface area contributed by atoms with Crippen molar-refractivity contribution in [3.8, 4) is 11.5 Å². The van der Waals surface area contributed by atoms with E-state index in [4.69, 9.17) is 11.3 Å². The Morgan fingerprint density at radius 2 is 1.93 bits per heavy atom. The topological polar surface area (TPSA) is 132 Å². The number of hydrogen-bond acceptors (Lipinski definition) is 8. The van der Waals surface area contributed by atoms with Crippen LogP contribution in [0.25, 0.3) is 22.6 Å². The predicted molar refractivity (Wildman–Crippen MR) is 155 cm³/mol. The summed E-state index contributed by atoms with van der Waals surface area (Å²) in [7, 11) is 0. The molecule has 5 aromatic rings. The number of carbonyl (C=O) groups is 2. The number of nitrogens with zero attached hydrogens (tertiary/aromatic N) is 7. The summed E-state index contributed by atoms with van der Waals surface area (Å²) in [4.78, 5) is 37.5. The monoisotopic (exact) mass is 585 g/mol. The third-order valence-electron chi connectivity index (χ3n) is 7.80. The Morgan fingerprint density at radius 1 is 1.14 bits per heavy atom. The van der Waals surface area contributed by atoms with Crippen molar-refractivity contribution in [2.75, 3.05) is 18.4 Å². The van der Waals surface area contributed by atoms with Crippen LogP contribution >= 0.6 is 0 Å². The van der Waals surface area contributed by atoms with Crippen LogP contribution in [0.3, 0.4) is 0 Å². The van der Waals surface area contributed by atoms with Crippen LogP contribution in [0, 0.1) is 18.8 Å². The van der Waals surface area contributed by atoms with E-state index in [9.17, 15) is 14.0 Å². The fourth-order valence-corrected chi connectivity index (χ4v) is 5.42. The molecule has 7 rings (SSSR count). The van der Waals surface area contributed by atoms with Crippen molar-refractivity contribution in [3.63, 3.8) is 0 Å². The van der Waals surface area contributed by atoms with Crippen molar-refractivity contribution in [2.24, 2.45) is 11.8 Å². The van der Waals surface area contributed by atoms with E-state index in [1.807, 2.05) is 0 Å². The average molecular weight is 586 g/mol. The Labute approximate surface area is 253 Å². The predicted octanol–water partition coefficient (Wildman–Crippen LogP) is 4.62. The van der Waals surface area contributed by atoms with Gasteiger partial charge in [-0.2, -0.15) is 4.80 Å². The van der Waals surface area contributed by atoms with Gasteiger partial charge in [0.15, 0.2) is 11.4 Å². The van der Waals surface area contributed by atoms with Gasteiger partial charge in [0.2, 0.25) is 11.8 Å². The van der Waals surface area contributed by atoms with Gasteiger partial charge in [-0.15, -0.1) is 10.2 Å². The summed E-state index contributed by atoms with van der Waals surface area (Å²) < 4.78 is 60.7. The number of likely N-dealkylation sites (tertiary alicyclic amines) is 1. The van der Waals surface area contributed by atoms with Gasteiger partial charge in [-0.1, -0.05) is 30.2 Å². The number of benzene rings is 2. The first-order valence-electron chi connectivity index (χ1n) is 16.4. The highest BCUT2D eigenvalue weighted by Gasteiger charge is 2.43. The minimum atomic E-state index is -1.10. The maximum atomic E-state index is 13.6. The van der Waals surface area contributed by atoms with Crippen LogP contribution in [0.4, 0.5) is 10.1 Å². The summed E-state index contributed by atoms with van der Waals surface area (Å²) >= 11 is 0.